The van der Waals surface area contributed by atoms with Gasteiger partial charge in [-0.1, -0.05) is 218 Å². The molecular formula is C50H95O8P. The number of phosphoric ester groups is 1. The van der Waals surface area contributed by atoms with Crippen molar-refractivity contribution in [1.82, 2.24) is 0 Å². The van der Waals surface area contributed by atoms with Crippen LogP contribution >= 0.6 is 7.82 Å². The molecule has 0 aromatic rings. The molecule has 0 saturated heterocycles. The molecule has 0 saturated carbocycles. The van der Waals surface area contributed by atoms with Crippen molar-refractivity contribution < 1.29 is 37.6 Å². The standard InChI is InChI=1S/C50H95O8P/c1-4-7-9-11-13-15-17-19-21-23-24-25-26-27-28-29-31-32-34-36-38-40-42-44-49(51)55-46-48(47-57-59(53,54)56-6-3)58-50(52)45-43-41-39-37-35-33-30-22-20-18-16-14-12-10-8-5-2/h16,18,22,30,48H,4-15,17,19-21,23-29,31-47H2,1-3H3,(H,53,54)/b18-16-,30-22-. The molecule has 2 atom stereocenters. The van der Waals surface area contributed by atoms with Gasteiger partial charge in [0.05, 0.1) is 13.2 Å². The van der Waals surface area contributed by atoms with Gasteiger partial charge in [-0.2, -0.15) is 0 Å². The van der Waals surface area contributed by atoms with E-state index in [1.54, 1.807) is 6.92 Å². The number of carbonyl (C=O) groups is 2. The van der Waals surface area contributed by atoms with Crippen molar-refractivity contribution >= 4 is 19.8 Å². The van der Waals surface area contributed by atoms with Gasteiger partial charge in [0.2, 0.25) is 0 Å². The summed E-state index contributed by atoms with van der Waals surface area (Å²) in [5.74, 6) is -0.800. The van der Waals surface area contributed by atoms with E-state index in [9.17, 15) is 19.0 Å². The van der Waals surface area contributed by atoms with Crippen LogP contribution in [0.15, 0.2) is 24.3 Å². The van der Waals surface area contributed by atoms with Gasteiger partial charge in [0.25, 0.3) is 0 Å². The van der Waals surface area contributed by atoms with Crippen molar-refractivity contribution in [2.24, 2.45) is 0 Å². The highest BCUT2D eigenvalue weighted by Crippen LogP contribution is 2.43. The van der Waals surface area contributed by atoms with Crippen LogP contribution in [0.2, 0.25) is 0 Å². The Morgan fingerprint density at radius 1 is 0.458 bits per heavy atom. The number of hydrogen-bond donors (Lipinski definition) is 1. The van der Waals surface area contributed by atoms with Crippen molar-refractivity contribution in [2.45, 2.75) is 264 Å². The Kier molecular flexibility index (Phi) is 44.9. The summed E-state index contributed by atoms with van der Waals surface area (Å²) in [4.78, 5) is 34.9. The number of carbonyl (C=O) groups excluding carboxylic acids is 2. The van der Waals surface area contributed by atoms with Gasteiger partial charge in [-0.25, -0.2) is 4.57 Å². The highest BCUT2D eigenvalue weighted by Gasteiger charge is 2.25. The zero-order valence-electron chi connectivity index (χ0n) is 38.9. The van der Waals surface area contributed by atoms with E-state index in [1.165, 1.54) is 161 Å². The van der Waals surface area contributed by atoms with Crippen molar-refractivity contribution in [3.63, 3.8) is 0 Å². The van der Waals surface area contributed by atoms with Crippen LogP contribution in [0.1, 0.15) is 258 Å². The van der Waals surface area contributed by atoms with Gasteiger partial charge in [-0.3, -0.25) is 18.6 Å². The lowest BCUT2D eigenvalue weighted by molar-refractivity contribution is -0.161. The first kappa shape index (κ1) is 57.5. The summed E-state index contributed by atoms with van der Waals surface area (Å²) in [6.07, 6.45) is 52.4. The SMILES string of the molecule is CCCCCC/C=C\C/C=C\CCCCCCCC(=O)OC(COC(=O)CCCCCCCCCCCCCCCCCCCCCCCCC)COP(=O)(O)OCC. The Balaban J connectivity index is 3.94. The number of esters is 2. The van der Waals surface area contributed by atoms with Gasteiger partial charge in [0.15, 0.2) is 6.10 Å². The molecular weight excluding hydrogens is 760 g/mol. The minimum atomic E-state index is -4.28. The Labute approximate surface area is 364 Å². The molecule has 0 aromatic carbocycles. The lowest BCUT2D eigenvalue weighted by Gasteiger charge is -2.19. The molecule has 2 unspecified atom stereocenters. The largest absolute Gasteiger partial charge is 0.472 e. The molecule has 9 heteroatoms. The zero-order chi connectivity index (χ0) is 43.2. The molecule has 59 heavy (non-hydrogen) atoms. The molecule has 0 aromatic heterocycles. The number of allylic oxidation sites excluding steroid dienone is 4. The van der Waals surface area contributed by atoms with Gasteiger partial charge in [-0.05, 0) is 51.9 Å². The molecule has 0 spiro atoms. The number of unbranched alkanes of at least 4 members (excludes halogenated alkanes) is 31. The fraction of sp³-hybridized carbons (Fsp3) is 0.880. The van der Waals surface area contributed by atoms with Crippen LogP contribution in [0.25, 0.3) is 0 Å². The van der Waals surface area contributed by atoms with Crippen LogP contribution in [0.5, 0.6) is 0 Å². The minimum Gasteiger partial charge on any atom is -0.462 e. The lowest BCUT2D eigenvalue weighted by atomic mass is 10.0. The fourth-order valence-corrected chi connectivity index (χ4v) is 8.06. The predicted molar refractivity (Wildman–Crippen MR) is 249 cm³/mol. The van der Waals surface area contributed by atoms with Crippen LogP contribution in [0.4, 0.5) is 0 Å². The summed E-state index contributed by atoms with van der Waals surface area (Å²) in [6, 6.07) is 0. The number of phosphoric acid groups is 1. The van der Waals surface area contributed by atoms with E-state index in [0.717, 1.165) is 57.8 Å². The van der Waals surface area contributed by atoms with Crippen LogP contribution in [0, 0.1) is 0 Å². The summed E-state index contributed by atoms with van der Waals surface area (Å²) in [5.41, 5.74) is 0. The van der Waals surface area contributed by atoms with Crippen LogP contribution in [0.3, 0.4) is 0 Å². The minimum absolute atomic E-state index is 0.000330. The molecule has 0 rings (SSSR count). The Bertz CT molecular complexity index is 1010. The Hall–Kier alpha value is -1.47. The average Bonchev–Trinajstić information content (AvgIpc) is 3.22. The van der Waals surface area contributed by atoms with Gasteiger partial charge >= 0.3 is 19.8 Å². The van der Waals surface area contributed by atoms with E-state index in [0.29, 0.717) is 12.8 Å². The maximum atomic E-state index is 12.6. The van der Waals surface area contributed by atoms with E-state index in [2.05, 4.69) is 38.2 Å². The molecule has 0 fully saturated rings. The summed E-state index contributed by atoms with van der Waals surface area (Å²) >= 11 is 0. The quantitative estimate of drug-likeness (QED) is 0.0279. The lowest BCUT2D eigenvalue weighted by Crippen LogP contribution is -2.29. The zero-order valence-corrected chi connectivity index (χ0v) is 39.8. The molecule has 0 aliphatic rings. The van der Waals surface area contributed by atoms with Crippen molar-refractivity contribution in [2.75, 3.05) is 19.8 Å². The van der Waals surface area contributed by atoms with E-state index in [-0.39, 0.29) is 25.6 Å². The molecule has 348 valence electrons. The van der Waals surface area contributed by atoms with Crippen molar-refractivity contribution in [1.29, 1.82) is 0 Å². The highest BCUT2D eigenvalue weighted by molar-refractivity contribution is 7.47. The van der Waals surface area contributed by atoms with E-state index in [1.807, 2.05) is 0 Å². The Morgan fingerprint density at radius 2 is 0.814 bits per heavy atom. The number of hydrogen-bond acceptors (Lipinski definition) is 7. The molecule has 0 aliphatic carbocycles. The normalized spacial score (nSPS) is 13.4. The molecule has 8 nitrogen and oxygen atoms in total. The Morgan fingerprint density at radius 3 is 1.22 bits per heavy atom. The van der Waals surface area contributed by atoms with E-state index < -0.39 is 26.5 Å². The van der Waals surface area contributed by atoms with E-state index in [4.69, 9.17) is 18.5 Å². The first-order valence-corrected chi connectivity index (χ1v) is 26.6. The molecule has 1 N–H and O–H groups in total. The van der Waals surface area contributed by atoms with Gasteiger partial charge in [-0.15, -0.1) is 0 Å². The maximum Gasteiger partial charge on any atom is 0.472 e. The van der Waals surface area contributed by atoms with Crippen molar-refractivity contribution in [3.8, 4) is 0 Å². The summed E-state index contributed by atoms with van der Waals surface area (Å²) in [7, 11) is -4.28. The van der Waals surface area contributed by atoms with Crippen LogP contribution < -0.4 is 0 Å². The van der Waals surface area contributed by atoms with Gasteiger partial charge in [0.1, 0.15) is 6.61 Å². The first-order chi connectivity index (χ1) is 28.8. The maximum absolute atomic E-state index is 12.6. The number of ether oxygens (including phenoxy) is 2. The topological polar surface area (TPSA) is 108 Å². The monoisotopic (exact) mass is 855 g/mol. The summed E-state index contributed by atoms with van der Waals surface area (Å²) in [6.45, 7) is 5.49. The average molecular weight is 855 g/mol. The van der Waals surface area contributed by atoms with Crippen LogP contribution in [-0.2, 0) is 32.7 Å². The second-order valence-electron chi connectivity index (χ2n) is 16.8. The summed E-state index contributed by atoms with van der Waals surface area (Å²) < 4.78 is 32.8. The van der Waals surface area contributed by atoms with Gasteiger partial charge in [0, 0.05) is 12.8 Å². The third kappa shape index (κ3) is 45.9. The highest BCUT2D eigenvalue weighted by atomic mass is 31.2. The first-order valence-electron chi connectivity index (χ1n) is 25.1. The third-order valence-corrected chi connectivity index (χ3v) is 12.1. The molecule has 0 bridgehead atoms. The molecule has 0 radical (unpaired) electrons. The molecule has 0 amide bonds. The number of rotatable bonds is 47. The predicted octanol–water partition coefficient (Wildman–Crippen LogP) is 16.2. The van der Waals surface area contributed by atoms with Gasteiger partial charge < -0.3 is 14.4 Å². The summed E-state index contributed by atoms with van der Waals surface area (Å²) in [5, 5.41) is 0. The second-order valence-corrected chi connectivity index (χ2v) is 18.3. The smallest absolute Gasteiger partial charge is 0.462 e. The second kappa shape index (κ2) is 46.0. The van der Waals surface area contributed by atoms with Crippen LogP contribution in [-0.4, -0.2) is 42.8 Å². The fourth-order valence-electron chi connectivity index (χ4n) is 7.31. The molecule has 0 heterocycles. The molecule has 0 aliphatic heterocycles. The third-order valence-electron chi connectivity index (χ3n) is 11.0. The van der Waals surface area contributed by atoms with Crippen molar-refractivity contribution in [3.05, 3.63) is 24.3 Å². The van der Waals surface area contributed by atoms with E-state index >= 15 is 0 Å².